The van der Waals surface area contributed by atoms with Gasteiger partial charge in [-0.05, 0) is 17.5 Å². The summed E-state index contributed by atoms with van der Waals surface area (Å²) in [6, 6.07) is 6.86. The molecule has 0 aliphatic carbocycles. The summed E-state index contributed by atoms with van der Waals surface area (Å²) >= 11 is 0.885. The van der Waals surface area contributed by atoms with Crippen LogP contribution >= 0.6 is 18.9 Å². The zero-order chi connectivity index (χ0) is 17.4. The minimum absolute atomic E-state index is 0.103. The first-order valence-corrected chi connectivity index (χ1v) is 10.3. The van der Waals surface area contributed by atoms with E-state index in [1.807, 2.05) is 4.72 Å². The highest BCUT2D eigenvalue weighted by molar-refractivity contribution is 7.92. The zero-order valence-electron chi connectivity index (χ0n) is 12.2. The van der Waals surface area contributed by atoms with Gasteiger partial charge >= 0.3 is 7.60 Å². The third-order valence-corrected chi connectivity index (χ3v) is 6.79. The number of nitrogens with zero attached hydrogens (tertiary/aromatic N) is 2. The minimum Gasteiger partial charge on any atom is -0.377 e. The molecule has 8 nitrogen and oxygen atoms in total. The van der Waals surface area contributed by atoms with Crippen LogP contribution in [0.4, 0.5) is 5.69 Å². The quantitative estimate of drug-likeness (QED) is 0.670. The van der Waals surface area contributed by atoms with E-state index in [0.29, 0.717) is 21.3 Å². The maximum absolute atomic E-state index is 12.1. The van der Waals surface area contributed by atoms with E-state index in [1.54, 1.807) is 31.1 Å². The summed E-state index contributed by atoms with van der Waals surface area (Å²) in [4.78, 5) is 19.3. The Morgan fingerprint density at radius 1 is 1.39 bits per heavy atom. The number of fused-ring (bicyclic) bond motifs is 1. The van der Waals surface area contributed by atoms with E-state index in [2.05, 4.69) is 6.07 Å². The lowest BCUT2D eigenvalue weighted by Gasteiger charge is -2.14. The van der Waals surface area contributed by atoms with E-state index in [-0.39, 0.29) is 4.21 Å². The number of thiophene rings is 1. The second-order valence-corrected chi connectivity index (χ2v) is 9.61. The summed E-state index contributed by atoms with van der Waals surface area (Å²) in [6.07, 6.45) is -0.975. The number of anilines is 1. The van der Waals surface area contributed by atoms with Crippen molar-refractivity contribution < 1.29 is 22.8 Å². The Kier molecular flexibility index (Phi) is 4.82. The Morgan fingerprint density at radius 3 is 2.57 bits per heavy atom. The van der Waals surface area contributed by atoms with Crippen LogP contribution < -0.4 is 9.62 Å². The van der Waals surface area contributed by atoms with Crippen molar-refractivity contribution in [2.75, 3.05) is 25.3 Å². The molecule has 0 spiro atoms. The summed E-state index contributed by atoms with van der Waals surface area (Å²) < 4.78 is 37.4. The second-order valence-electron chi connectivity index (χ2n) is 4.92. The van der Waals surface area contributed by atoms with Crippen LogP contribution in [0.15, 0.2) is 22.4 Å². The molecule has 0 saturated heterocycles. The third kappa shape index (κ3) is 3.90. The van der Waals surface area contributed by atoms with Crippen LogP contribution in [0.2, 0.25) is 0 Å². The van der Waals surface area contributed by atoms with Crippen molar-refractivity contribution in [2.45, 2.75) is 4.21 Å². The number of nitriles is 1. The molecule has 0 saturated carbocycles. The average molecular weight is 375 g/mol. The van der Waals surface area contributed by atoms with Crippen molar-refractivity contribution in [1.82, 2.24) is 4.72 Å². The van der Waals surface area contributed by atoms with E-state index in [4.69, 9.17) is 9.79 Å². The first-order valence-electron chi connectivity index (χ1n) is 6.23. The molecule has 0 unspecified atom stereocenters. The lowest BCUT2D eigenvalue weighted by atomic mass is 10.1. The molecule has 1 heterocycles. The molecule has 0 aliphatic rings. The molecule has 0 bridgehead atoms. The Balaban J connectivity index is 2.53. The smallest absolute Gasteiger partial charge is 0.340 e. The first kappa shape index (κ1) is 17.9. The van der Waals surface area contributed by atoms with Crippen molar-refractivity contribution in [1.29, 1.82) is 5.26 Å². The molecule has 23 heavy (non-hydrogen) atoms. The van der Waals surface area contributed by atoms with E-state index >= 15 is 0 Å². The van der Waals surface area contributed by atoms with Crippen molar-refractivity contribution >= 4 is 44.7 Å². The van der Waals surface area contributed by atoms with Gasteiger partial charge in [0.15, 0.2) is 0 Å². The molecule has 0 radical (unpaired) electrons. The fraction of sp³-hybridized carbons (Fsp3) is 0.250. The number of nitrogens with one attached hydrogen (secondary N) is 1. The fourth-order valence-corrected chi connectivity index (χ4v) is 5.45. The molecule has 1 aromatic carbocycles. The molecule has 2 aromatic rings. The molecular formula is C12H14N3O5PS2. The van der Waals surface area contributed by atoms with E-state index in [0.717, 1.165) is 11.3 Å². The fourth-order valence-electron chi connectivity index (χ4n) is 1.92. The van der Waals surface area contributed by atoms with Gasteiger partial charge in [-0.1, -0.05) is 6.07 Å². The van der Waals surface area contributed by atoms with Gasteiger partial charge in [0.2, 0.25) is 0 Å². The van der Waals surface area contributed by atoms with Gasteiger partial charge in [-0.25, -0.2) is 8.42 Å². The number of sulfonamides is 1. The predicted octanol–water partition coefficient (Wildman–Crippen LogP) is 1.25. The SMILES string of the molecule is CN(C)c1ccc2cc(S(=O)(=O)NCP(=O)(O)O)sc2c1C#N. The summed E-state index contributed by atoms with van der Waals surface area (Å²) in [7, 11) is -5.01. The molecule has 3 N–H and O–H groups in total. The normalized spacial score (nSPS) is 12.3. The van der Waals surface area contributed by atoms with Gasteiger partial charge < -0.3 is 14.7 Å². The second kappa shape index (κ2) is 6.20. The first-order chi connectivity index (χ1) is 10.5. The highest BCUT2D eigenvalue weighted by atomic mass is 32.2. The lowest BCUT2D eigenvalue weighted by molar-refractivity contribution is 0.371. The minimum atomic E-state index is -4.50. The monoisotopic (exact) mass is 375 g/mol. The van der Waals surface area contributed by atoms with Crippen molar-refractivity contribution in [2.24, 2.45) is 0 Å². The summed E-state index contributed by atoms with van der Waals surface area (Å²) in [5.41, 5.74) is 1.02. The molecule has 0 aliphatic heterocycles. The lowest BCUT2D eigenvalue weighted by Crippen LogP contribution is -2.23. The summed E-state index contributed by atoms with van der Waals surface area (Å²) in [5.74, 6) is 0. The molecule has 124 valence electrons. The van der Waals surface area contributed by atoms with E-state index < -0.39 is 23.9 Å². The van der Waals surface area contributed by atoms with Crippen molar-refractivity contribution in [3.05, 3.63) is 23.8 Å². The molecular weight excluding hydrogens is 361 g/mol. The number of rotatable bonds is 5. The third-order valence-electron chi connectivity index (χ3n) is 2.96. The number of benzene rings is 1. The van der Waals surface area contributed by atoms with Gasteiger partial charge in [0, 0.05) is 14.1 Å². The van der Waals surface area contributed by atoms with Crippen LogP contribution in [0.3, 0.4) is 0 Å². The summed E-state index contributed by atoms with van der Waals surface area (Å²) in [6.45, 7) is 0. The van der Waals surface area contributed by atoms with Crippen LogP contribution in [0.1, 0.15) is 5.56 Å². The van der Waals surface area contributed by atoms with E-state index in [9.17, 15) is 18.2 Å². The zero-order valence-corrected chi connectivity index (χ0v) is 14.7. The molecule has 0 atom stereocenters. The van der Waals surface area contributed by atoms with Crippen LogP contribution in [-0.4, -0.2) is 38.6 Å². The van der Waals surface area contributed by atoms with Crippen molar-refractivity contribution in [3.63, 3.8) is 0 Å². The van der Waals surface area contributed by atoms with Gasteiger partial charge in [0.1, 0.15) is 16.6 Å². The highest BCUT2D eigenvalue weighted by Gasteiger charge is 2.23. The predicted molar refractivity (Wildman–Crippen MR) is 88.1 cm³/mol. The van der Waals surface area contributed by atoms with Crippen molar-refractivity contribution in [3.8, 4) is 6.07 Å². The average Bonchev–Trinajstić information content (AvgIpc) is 2.88. The van der Waals surface area contributed by atoms with Gasteiger partial charge in [-0.2, -0.15) is 9.98 Å². The molecule has 11 heteroatoms. The number of hydrogen-bond donors (Lipinski definition) is 3. The molecule has 2 rings (SSSR count). The van der Waals surface area contributed by atoms with Gasteiger partial charge in [0.05, 0.1) is 16.0 Å². The van der Waals surface area contributed by atoms with E-state index in [1.165, 1.54) is 6.07 Å². The van der Waals surface area contributed by atoms with Crippen LogP contribution in [-0.2, 0) is 14.6 Å². The Morgan fingerprint density at radius 2 is 2.04 bits per heavy atom. The standard InChI is InChI=1S/C12H14N3O5PS2/c1-15(2)10-4-3-8-5-11(22-12(8)9(10)6-13)23(19,20)14-7-21(16,17)18/h3-5,14H,7H2,1-2H3,(H2,16,17,18). The summed E-state index contributed by atoms with van der Waals surface area (Å²) in [5, 5.41) is 9.93. The molecule has 0 fully saturated rings. The molecule has 1 aromatic heterocycles. The maximum atomic E-state index is 12.1. The topological polar surface area (TPSA) is 131 Å². The van der Waals surface area contributed by atoms with Gasteiger partial charge in [-0.3, -0.25) is 4.57 Å². The highest BCUT2D eigenvalue weighted by Crippen LogP contribution is 2.37. The van der Waals surface area contributed by atoms with Crippen LogP contribution in [0, 0.1) is 11.3 Å². The number of hydrogen-bond acceptors (Lipinski definition) is 6. The Hall–Kier alpha value is -1.47. The largest absolute Gasteiger partial charge is 0.377 e. The Labute approximate surface area is 137 Å². The van der Waals surface area contributed by atoms with Gasteiger partial charge in [-0.15, -0.1) is 11.3 Å². The Bertz CT molecular complexity index is 939. The molecule has 0 amide bonds. The van der Waals surface area contributed by atoms with Crippen LogP contribution in [0.5, 0.6) is 0 Å². The van der Waals surface area contributed by atoms with Crippen LogP contribution in [0.25, 0.3) is 10.1 Å². The van der Waals surface area contributed by atoms with Gasteiger partial charge in [0.25, 0.3) is 10.0 Å². The maximum Gasteiger partial charge on any atom is 0.340 e.